The molecule has 0 fully saturated rings. The number of anilines is 1. The molecule has 0 aliphatic carbocycles. The Labute approximate surface area is 99.6 Å². The Hall–Kier alpha value is -1.88. The number of nitrogens with two attached hydrogens (primary N) is 1. The molecule has 0 saturated carbocycles. The van der Waals surface area contributed by atoms with Crippen molar-refractivity contribution in [3.63, 3.8) is 0 Å². The van der Waals surface area contributed by atoms with Gasteiger partial charge in [0.2, 0.25) is 5.91 Å². The molecule has 0 heterocycles. The van der Waals surface area contributed by atoms with Crippen LogP contribution in [0.2, 0.25) is 0 Å². The minimum atomic E-state index is -1.000. The smallest absolute Gasteiger partial charge is 0.335 e. The van der Waals surface area contributed by atoms with Crippen molar-refractivity contribution in [1.29, 1.82) is 0 Å². The molecule has 5 heteroatoms. The molecule has 0 aliphatic rings. The minimum absolute atomic E-state index is 0.175. The van der Waals surface area contributed by atoms with Crippen LogP contribution in [0.4, 0.5) is 5.69 Å². The first kappa shape index (κ1) is 13.2. The number of carboxylic acid groups (broad SMARTS) is 1. The summed E-state index contributed by atoms with van der Waals surface area (Å²) in [6, 6.07) is 5.93. The van der Waals surface area contributed by atoms with E-state index in [0.717, 1.165) is 0 Å². The number of hydrogen-bond acceptors (Lipinski definition) is 3. The Bertz CT molecular complexity index is 424. The molecule has 1 atom stereocenters. The van der Waals surface area contributed by atoms with Crippen LogP contribution in [0.1, 0.15) is 30.6 Å². The molecular weight excluding hydrogens is 220 g/mol. The van der Waals surface area contributed by atoms with Gasteiger partial charge in [-0.3, -0.25) is 4.79 Å². The Morgan fingerprint density at radius 3 is 2.29 bits per heavy atom. The average molecular weight is 236 g/mol. The van der Waals surface area contributed by atoms with Crippen molar-refractivity contribution >= 4 is 17.6 Å². The zero-order valence-corrected chi connectivity index (χ0v) is 9.86. The maximum absolute atomic E-state index is 11.7. The summed E-state index contributed by atoms with van der Waals surface area (Å²) in [5, 5.41) is 11.4. The van der Waals surface area contributed by atoms with Crippen molar-refractivity contribution in [1.82, 2.24) is 0 Å². The standard InChI is InChI=1S/C12H16N2O3/c1-3-12(2,13)11(17)14-9-6-4-8(5-7-9)10(15)16/h4-7H,3,13H2,1-2H3,(H,14,17)(H,15,16). The lowest BCUT2D eigenvalue weighted by Gasteiger charge is -2.21. The molecule has 0 bridgehead atoms. The number of hydrogen-bond donors (Lipinski definition) is 3. The van der Waals surface area contributed by atoms with Gasteiger partial charge in [0.15, 0.2) is 0 Å². The van der Waals surface area contributed by atoms with Crippen molar-refractivity contribution in [2.75, 3.05) is 5.32 Å². The first-order valence-electron chi connectivity index (χ1n) is 5.30. The summed E-state index contributed by atoms with van der Waals surface area (Å²) in [5.41, 5.74) is 5.56. The number of aromatic carboxylic acids is 1. The van der Waals surface area contributed by atoms with Crippen molar-refractivity contribution in [2.45, 2.75) is 25.8 Å². The van der Waals surface area contributed by atoms with Crippen molar-refractivity contribution in [2.24, 2.45) is 5.73 Å². The van der Waals surface area contributed by atoms with Gasteiger partial charge in [-0.05, 0) is 37.6 Å². The van der Waals surface area contributed by atoms with E-state index in [1.807, 2.05) is 6.92 Å². The van der Waals surface area contributed by atoms with Gasteiger partial charge in [0, 0.05) is 5.69 Å². The highest BCUT2D eigenvalue weighted by Gasteiger charge is 2.25. The van der Waals surface area contributed by atoms with E-state index in [-0.39, 0.29) is 11.5 Å². The molecular formula is C12H16N2O3. The Kier molecular flexibility index (Phi) is 3.85. The van der Waals surface area contributed by atoms with Crippen LogP contribution in [0.3, 0.4) is 0 Å². The maximum Gasteiger partial charge on any atom is 0.335 e. The van der Waals surface area contributed by atoms with E-state index in [1.165, 1.54) is 24.3 Å². The second kappa shape index (κ2) is 4.97. The molecule has 1 unspecified atom stereocenters. The normalized spacial score (nSPS) is 13.8. The Balaban J connectivity index is 2.76. The van der Waals surface area contributed by atoms with Gasteiger partial charge < -0.3 is 16.2 Å². The van der Waals surface area contributed by atoms with Crippen molar-refractivity contribution in [3.05, 3.63) is 29.8 Å². The molecule has 1 amide bonds. The summed E-state index contributed by atoms with van der Waals surface area (Å²) >= 11 is 0. The molecule has 17 heavy (non-hydrogen) atoms. The fourth-order valence-electron chi connectivity index (χ4n) is 1.13. The SMILES string of the molecule is CCC(C)(N)C(=O)Nc1ccc(C(=O)O)cc1. The topological polar surface area (TPSA) is 92.4 Å². The molecule has 1 rings (SSSR count). The zero-order chi connectivity index (χ0) is 13.1. The molecule has 0 aromatic heterocycles. The van der Waals surface area contributed by atoms with Gasteiger partial charge in [-0.1, -0.05) is 6.92 Å². The minimum Gasteiger partial charge on any atom is -0.478 e. The highest BCUT2D eigenvalue weighted by atomic mass is 16.4. The van der Waals surface area contributed by atoms with Gasteiger partial charge in [-0.15, -0.1) is 0 Å². The predicted octanol–water partition coefficient (Wildman–Crippen LogP) is 1.45. The highest BCUT2D eigenvalue weighted by molar-refractivity contribution is 5.98. The van der Waals surface area contributed by atoms with Crippen LogP contribution in [-0.4, -0.2) is 22.5 Å². The Morgan fingerprint density at radius 1 is 1.35 bits per heavy atom. The second-order valence-electron chi connectivity index (χ2n) is 4.11. The molecule has 4 N–H and O–H groups in total. The lowest BCUT2D eigenvalue weighted by atomic mass is 9.99. The van der Waals surface area contributed by atoms with E-state index in [9.17, 15) is 9.59 Å². The quantitative estimate of drug-likeness (QED) is 0.737. The summed E-state index contributed by atoms with van der Waals surface area (Å²) in [6.45, 7) is 3.47. The third kappa shape index (κ3) is 3.29. The van der Waals surface area contributed by atoms with E-state index in [4.69, 9.17) is 10.8 Å². The van der Waals surface area contributed by atoms with Crippen LogP contribution < -0.4 is 11.1 Å². The van der Waals surface area contributed by atoms with E-state index >= 15 is 0 Å². The molecule has 0 saturated heterocycles. The van der Waals surface area contributed by atoms with Crippen LogP contribution in [0.15, 0.2) is 24.3 Å². The summed E-state index contributed by atoms with van der Waals surface area (Å²) < 4.78 is 0. The fourth-order valence-corrected chi connectivity index (χ4v) is 1.13. The summed E-state index contributed by atoms with van der Waals surface area (Å²) in [6.07, 6.45) is 0.520. The van der Waals surface area contributed by atoms with Crippen LogP contribution in [0.25, 0.3) is 0 Å². The molecule has 0 aliphatic heterocycles. The van der Waals surface area contributed by atoms with E-state index in [0.29, 0.717) is 12.1 Å². The number of carboxylic acids is 1. The van der Waals surface area contributed by atoms with Crippen LogP contribution >= 0.6 is 0 Å². The molecule has 1 aromatic carbocycles. The third-order valence-electron chi connectivity index (χ3n) is 2.64. The van der Waals surface area contributed by atoms with Crippen LogP contribution in [0.5, 0.6) is 0 Å². The van der Waals surface area contributed by atoms with Gasteiger partial charge >= 0.3 is 5.97 Å². The van der Waals surface area contributed by atoms with Crippen LogP contribution in [-0.2, 0) is 4.79 Å². The van der Waals surface area contributed by atoms with Crippen molar-refractivity contribution in [3.8, 4) is 0 Å². The van der Waals surface area contributed by atoms with Gasteiger partial charge in [-0.2, -0.15) is 0 Å². The third-order valence-corrected chi connectivity index (χ3v) is 2.64. The molecule has 5 nitrogen and oxygen atoms in total. The Morgan fingerprint density at radius 2 is 1.88 bits per heavy atom. The molecule has 0 radical (unpaired) electrons. The lowest BCUT2D eigenvalue weighted by molar-refractivity contribution is -0.120. The second-order valence-corrected chi connectivity index (χ2v) is 4.11. The van der Waals surface area contributed by atoms with E-state index < -0.39 is 11.5 Å². The van der Waals surface area contributed by atoms with E-state index in [1.54, 1.807) is 6.92 Å². The number of benzene rings is 1. The lowest BCUT2D eigenvalue weighted by Crippen LogP contribution is -2.47. The molecule has 0 spiro atoms. The first-order chi connectivity index (χ1) is 7.86. The van der Waals surface area contributed by atoms with Gasteiger partial charge in [0.25, 0.3) is 0 Å². The maximum atomic E-state index is 11.7. The first-order valence-corrected chi connectivity index (χ1v) is 5.30. The highest BCUT2D eigenvalue weighted by Crippen LogP contribution is 2.13. The summed E-state index contributed by atoms with van der Waals surface area (Å²) in [4.78, 5) is 22.4. The molecule has 1 aromatic rings. The average Bonchev–Trinajstić information content (AvgIpc) is 2.29. The number of carbonyl (C=O) groups is 2. The fraction of sp³-hybridized carbons (Fsp3) is 0.333. The van der Waals surface area contributed by atoms with Gasteiger partial charge in [0.1, 0.15) is 0 Å². The number of carbonyl (C=O) groups excluding carboxylic acids is 1. The number of amides is 1. The van der Waals surface area contributed by atoms with E-state index in [2.05, 4.69) is 5.32 Å². The van der Waals surface area contributed by atoms with Crippen LogP contribution in [0, 0.1) is 0 Å². The number of nitrogens with one attached hydrogen (secondary N) is 1. The van der Waals surface area contributed by atoms with Gasteiger partial charge in [0.05, 0.1) is 11.1 Å². The van der Waals surface area contributed by atoms with Crippen molar-refractivity contribution < 1.29 is 14.7 Å². The molecule has 92 valence electrons. The predicted molar refractivity (Wildman–Crippen MR) is 64.9 cm³/mol. The van der Waals surface area contributed by atoms with Gasteiger partial charge in [-0.25, -0.2) is 4.79 Å². The summed E-state index contributed by atoms with van der Waals surface area (Å²) in [7, 11) is 0. The monoisotopic (exact) mass is 236 g/mol. The largest absolute Gasteiger partial charge is 0.478 e. The zero-order valence-electron chi connectivity index (χ0n) is 9.86. The summed E-state index contributed by atoms with van der Waals surface area (Å²) in [5.74, 6) is -1.29. The number of rotatable bonds is 4.